The maximum absolute atomic E-state index is 5.92. The lowest BCUT2D eigenvalue weighted by atomic mass is 10.2. The lowest BCUT2D eigenvalue weighted by molar-refractivity contribution is 0.490. The van der Waals surface area contributed by atoms with Gasteiger partial charge in [-0.2, -0.15) is 0 Å². The van der Waals surface area contributed by atoms with Crippen molar-refractivity contribution in [2.24, 2.45) is 0 Å². The molecule has 1 fully saturated rings. The molecule has 0 spiro atoms. The van der Waals surface area contributed by atoms with Crippen LogP contribution in [0.5, 0.6) is 0 Å². The highest BCUT2D eigenvalue weighted by Gasteiger charge is 2.19. The van der Waals surface area contributed by atoms with Crippen LogP contribution in [0.4, 0.5) is 0 Å². The Labute approximate surface area is 131 Å². The topological polar surface area (TPSA) is 51.0 Å². The first-order valence-electron chi connectivity index (χ1n) is 6.73. The van der Waals surface area contributed by atoms with Crippen LogP contribution in [0.25, 0.3) is 11.5 Å². The SMILES string of the molecule is Clc1ccc(-c2nnc(CCCNC3CC3)o2)c(Br)c1. The van der Waals surface area contributed by atoms with Crippen molar-refractivity contribution < 1.29 is 4.42 Å². The van der Waals surface area contributed by atoms with E-state index < -0.39 is 0 Å². The standard InChI is InChI=1S/C14H15BrClN3O/c15-12-8-9(16)3-6-11(12)14-19-18-13(20-14)2-1-7-17-10-4-5-10/h3,6,8,10,17H,1-2,4-5,7H2. The Balaban J connectivity index is 1.60. The van der Waals surface area contributed by atoms with E-state index in [4.69, 9.17) is 16.0 Å². The highest BCUT2D eigenvalue weighted by molar-refractivity contribution is 9.10. The predicted octanol–water partition coefficient (Wildman–Crippen LogP) is 3.84. The van der Waals surface area contributed by atoms with Crippen LogP contribution in [0.2, 0.25) is 5.02 Å². The maximum Gasteiger partial charge on any atom is 0.248 e. The van der Waals surface area contributed by atoms with Gasteiger partial charge in [0.2, 0.25) is 11.8 Å². The number of aromatic nitrogens is 2. The van der Waals surface area contributed by atoms with E-state index in [1.54, 1.807) is 0 Å². The van der Waals surface area contributed by atoms with E-state index in [0.717, 1.165) is 35.5 Å². The van der Waals surface area contributed by atoms with Gasteiger partial charge in [-0.15, -0.1) is 10.2 Å². The molecule has 20 heavy (non-hydrogen) atoms. The van der Waals surface area contributed by atoms with Gasteiger partial charge >= 0.3 is 0 Å². The minimum Gasteiger partial charge on any atom is -0.421 e. The van der Waals surface area contributed by atoms with E-state index in [1.807, 2.05) is 18.2 Å². The third-order valence-corrected chi connectivity index (χ3v) is 4.10. The molecule has 0 radical (unpaired) electrons. The first kappa shape index (κ1) is 14.0. The number of halogens is 2. The van der Waals surface area contributed by atoms with Crippen molar-refractivity contribution in [3.05, 3.63) is 33.6 Å². The average molecular weight is 357 g/mol. The summed E-state index contributed by atoms with van der Waals surface area (Å²) < 4.78 is 6.55. The molecule has 1 aliphatic rings. The third-order valence-electron chi connectivity index (χ3n) is 3.21. The second-order valence-electron chi connectivity index (χ2n) is 4.96. The predicted molar refractivity (Wildman–Crippen MR) is 81.8 cm³/mol. The molecule has 0 bridgehead atoms. The number of rotatable bonds is 6. The first-order valence-corrected chi connectivity index (χ1v) is 7.90. The normalized spacial score (nSPS) is 14.7. The molecule has 1 saturated carbocycles. The molecule has 2 aromatic rings. The second-order valence-corrected chi connectivity index (χ2v) is 6.25. The van der Waals surface area contributed by atoms with Crippen molar-refractivity contribution >= 4 is 27.5 Å². The van der Waals surface area contributed by atoms with E-state index >= 15 is 0 Å². The Hall–Kier alpha value is -0.910. The van der Waals surface area contributed by atoms with E-state index in [9.17, 15) is 0 Å². The Kier molecular flexibility index (Phi) is 4.38. The minimum atomic E-state index is 0.527. The molecule has 1 aromatic heterocycles. The zero-order valence-corrected chi connectivity index (χ0v) is 13.2. The smallest absolute Gasteiger partial charge is 0.248 e. The fourth-order valence-corrected chi connectivity index (χ4v) is 2.81. The highest BCUT2D eigenvalue weighted by Crippen LogP contribution is 2.29. The van der Waals surface area contributed by atoms with Gasteiger partial charge in [0.05, 0.1) is 5.56 Å². The Bertz CT molecular complexity index is 598. The van der Waals surface area contributed by atoms with Crippen LogP contribution in [0, 0.1) is 0 Å². The summed E-state index contributed by atoms with van der Waals surface area (Å²) in [6.45, 7) is 1.01. The Morgan fingerprint density at radius 2 is 2.20 bits per heavy atom. The summed E-state index contributed by atoms with van der Waals surface area (Å²) in [5.41, 5.74) is 0.865. The van der Waals surface area contributed by atoms with Crippen LogP contribution in [-0.4, -0.2) is 22.8 Å². The van der Waals surface area contributed by atoms with Crippen molar-refractivity contribution in [3.8, 4) is 11.5 Å². The van der Waals surface area contributed by atoms with Gasteiger partial charge < -0.3 is 9.73 Å². The molecule has 0 aliphatic heterocycles. The lowest BCUT2D eigenvalue weighted by Gasteiger charge is -2.00. The molecule has 4 nitrogen and oxygen atoms in total. The van der Waals surface area contributed by atoms with Crippen LogP contribution in [0.1, 0.15) is 25.2 Å². The van der Waals surface area contributed by atoms with E-state index in [2.05, 4.69) is 31.4 Å². The molecule has 1 aliphatic carbocycles. The fraction of sp³-hybridized carbons (Fsp3) is 0.429. The molecular formula is C14H15BrClN3O. The molecule has 0 atom stereocenters. The Morgan fingerprint density at radius 1 is 1.35 bits per heavy atom. The van der Waals surface area contributed by atoms with Gasteiger partial charge in [0.25, 0.3) is 0 Å². The van der Waals surface area contributed by atoms with E-state index in [-0.39, 0.29) is 0 Å². The molecule has 0 unspecified atom stereocenters. The summed E-state index contributed by atoms with van der Waals surface area (Å²) in [4.78, 5) is 0. The van der Waals surface area contributed by atoms with Gasteiger partial charge in [0.1, 0.15) is 0 Å². The largest absolute Gasteiger partial charge is 0.421 e. The van der Waals surface area contributed by atoms with Gasteiger partial charge in [-0.3, -0.25) is 0 Å². The van der Waals surface area contributed by atoms with Gasteiger partial charge in [0, 0.05) is 22.0 Å². The quantitative estimate of drug-likeness (QED) is 0.799. The summed E-state index contributed by atoms with van der Waals surface area (Å²) in [6.07, 6.45) is 4.45. The number of hydrogen-bond acceptors (Lipinski definition) is 4. The van der Waals surface area contributed by atoms with Gasteiger partial charge in [-0.05, 0) is 59.9 Å². The molecule has 6 heteroatoms. The third kappa shape index (κ3) is 3.59. The molecular weight excluding hydrogens is 342 g/mol. The number of hydrogen-bond donors (Lipinski definition) is 1. The zero-order valence-electron chi connectivity index (χ0n) is 10.9. The summed E-state index contributed by atoms with van der Waals surface area (Å²) in [5.74, 6) is 1.21. The van der Waals surface area contributed by atoms with E-state index in [1.165, 1.54) is 12.8 Å². The molecule has 3 rings (SSSR count). The van der Waals surface area contributed by atoms with Gasteiger partial charge in [-0.25, -0.2) is 0 Å². The molecule has 106 valence electrons. The monoisotopic (exact) mass is 355 g/mol. The van der Waals surface area contributed by atoms with Gasteiger partial charge in [-0.1, -0.05) is 11.6 Å². The van der Waals surface area contributed by atoms with Crippen LogP contribution in [0.3, 0.4) is 0 Å². The van der Waals surface area contributed by atoms with Crippen LogP contribution < -0.4 is 5.32 Å². The molecule has 0 amide bonds. The number of nitrogens with zero attached hydrogens (tertiary/aromatic N) is 2. The molecule has 1 aromatic carbocycles. The van der Waals surface area contributed by atoms with Crippen molar-refractivity contribution in [1.82, 2.24) is 15.5 Å². The molecule has 0 saturated heterocycles. The van der Waals surface area contributed by atoms with Crippen molar-refractivity contribution in [2.45, 2.75) is 31.7 Å². The lowest BCUT2D eigenvalue weighted by Crippen LogP contribution is -2.17. The van der Waals surface area contributed by atoms with Gasteiger partial charge in [0.15, 0.2) is 0 Å². The van der Waals surface area contributed by atoms with Crippen molar-refractivity contribution in [3.63, 3.8) is 0 Å². The summed E-state index contributed by atoms with van der Waals surface area (Å²) >= 11 is 9.38. The summed E-state index contributed by atoms with van der Waals surface area (Å²) in [7, 11) is 0. The van der Waals surface area contributed by atoms with E-state index in [0.29, 0.717) is 16.8 Å². The van der Waals surface area contributed by atoms with Crippen molar-refractivity contribution in [2.75, 3.05) is 6.54 Å². The Morgan fingerprint density at radius 3 is 2.95 bits per heavy atom. The second kappa shape index (κ2) is 6.24. The molecule has 1 heterocycles. The highest BCUT2D eigenvalue weighted by atomic mass is 79.9. The number of nitrogens with one attached hydrogen (secondary N) is 1. The van der Waals surface area contributed by atoms with Crippen LogP contribution in [0.15, 0.2) is 27.1 Å². The minimum absolute atomic E-state index is 0.527. The van der Waals surface area contributed by atoms with Crippen LogP contribution >= 0.6 is 27.5 Å². The summed E-state index contributed by atoms with van der Waals surface area (Å²) in [6, 6.07) is 6.25. The van der Waals surface area contributed by atoms with Crippen LogP contribution in [-0.2, 0) is 6.42 Å². The summed E-state index contributed by atoms with van der Waals surface area (Å²) in [5, 5.41) is 12.3. The maximum atomic E-state index is 5.92. The fourth-order valence-electron chi connectivity index (χ4n) is 1.96. The zero-order chi connectivity index (χ0) is 13.9. The average Bonchev–Trinajstić information content (AvgIpc) is 3.13. The number of aryl methyl sites for hydroxylation is 1. The number of benzene rings is 1. The molecule has 1 N–H and O–H groups in total. The first-order chi connectivity index (χ1) is 9.72. The van der Waals surface area contributed by atoms with Crippen molar-refractivity contribution in [1.29, 1.82) is 0 Å².